The zero-order chi connectivity index (χ0) is 14.5. The fourth-order valence-corrected chi connectivity index (χ4v) is 1.92. The van der Waals surface area contributed by atoms with E-state index in [4.69, 9.17) is 5.26 Å². The van der Waals surface area contributed by atoms with Crippen LogP contribution in [-0.2, 0) is 0 Å². The van der Waals surface area contributed by atoms with Crippen LogP contribution in [0.5, 0.6) is 0 Å². The summed E-state index contributed by atoms with van der Waals surface area (Å²) in [5.74, 6) is -0.462. The molecule has 2 nitrogen and oxygen atoms in total. The zero-order valence-corrected chi connectivity index (χ0v) is 10.9. The van der Waals surface area contributed by atoms with Crippen molar-refractivity contribution in [3.8, 4) is 6.07 Å². The number of anilines is 1. The third kappa shape index (κ3) is 2.93. The SMILES string of the molecule is C=Cc1ccccc1C(=C)Nc1cc(F)cc(C#N)c1. The average Bonchev–Trinajstić information content (AvgIpc) is 2.46. The third-order valence-electron chi connectivity index (χ3n) is 2.83. The van der Waals surface area contributed by atoms with Gasteiger partial charge >= 0.3 is 0 Å². The van der Waals surface area contributed by atoms with Crippen molar-refractivity contribution in [2.24, 2.45) is 0 Å². The molecule has 3 heteroatoms. The van der Waals surface area contributed by atoms with Crippen molar-refractivity contribution in [1.29, 1.82) is 5.26 Å². The molecule has 0 unspecified atom stereocenters. The fraction of sp³-hybridized carbons (Fsp3) is 0. The summed E-state index contributed by atoms with van der Waals surface area (Å²) in [5, 5.41) is 11.9. The molecule has 0 saturated carbocycles. The van der Waals surface area contributed by atoms with Gasteiger partial charge in [-0.25, -0.2) is 4.39 Å². The molecule has 0 aliphatic rings. The minimum atomic E-state index is -0.462. The minimum Gasteiger partial charge on any atom is -0.355 e. The number of benzene rings is 2. The lowest BCUT2D eigenvalue weighted by Gasteiger charge is -2.12. The molecule has 0 aliphatic carbocycles. The van der Waals surface area contributed by atoms with Gasteiger partial charge in [-0.3, -0.25) is 0 Å². The molecule has 2 aromatic carbocycles. The maximum atomic E-state index is 13.4. The standard InChI is InChI=1S/C17H13FN2/c1-3-14-6-4-5-7-17(14)12(2)20-16-9-13(11-19)8-15(18)10-16/h3-10,20H,1-2H2. The molecule has 2 aromatic rings. The van der Waals surface area contributed by atoms with Gasteiger partial charge in [0.1, 0.15) is 5.82 Å². The molecule has 0 fully saturated rings. The van der Waals surface area contributed by atoms with Crippen molar-refractivity contribution >= 4 is 17.5 Å². The number of nitrogens with zero attached hydrogens (tertiary/aromatic N) is 1. The van der Waals surface area contributed by atoms with Gasteiger partial charge in [0.2, 0.25) is 0 Å². The highest BCUT2D eigenvalue weighted by atomic mass is 19.1. The van der Waals surface area contributed by atoms with E-state index in [1.165, 1.54) is 12.1 Å². The molecule has 1 N–H and O–H groups in total. The largest absolute Gasteiger partial charge is 0.355 e. The highest BCUT2D eigenvalue weighted by molar-refractivity contribution is 5.80. The van der Waals surface area contributed by atoms with E-state index in [1.807, 2.05) is 30.3 Å². The summed E-state index contributed by atoms with van der Waals surface area (Å²) < 4.78 is 13.4. The van der Waals surface area contributed by atoms with Crippen molar-refractivity contribution in [2.75, 3.05) is 5.32 Å². The monoisotopic (exact) mass is 264 g/mol. The Kier molecular flexibility index (Phi) is 3.97. The van der Waals surface area contributed by atoms with Crippen LogP contribution in [0.1, 0.15) is 16.7 Å². The van der Waals surface area contributed by atoms with Crippen LogP contribution in [0, 0.1) is 17.1 Å². The Balaban J connectivity index is 2.30. The van der Waals surface area contributed by atoms with Gasteiger partial charge < -0.3 is 5.32 Å². The van der Waals surface area contributed by atoms with Gasteiger partial charge in [0.05, 0.1) is 11.6 Å². The van der Waals surface area contributed by atoms with Crippen LogP contribution in [0.3, 0.4) is 0 Å². The number of halogens is 1. The van der Waals surface area contributed by atoms with Crippen LogP contribution in [0.2, 0.25) is 0 Å². The maximum Gasteiger partial charge on any atom is 0.126 e. The second-order valence-corrected chi connectivity index (χ2v) is 4.24. The Morgan fingerprint density at radius 3 is 2.70 bits per heavy atom. The molecule has 0 aromatic heterocycles. The number of hydrogen-bond donors (Lipinski definition) is 1. The summed E-state index contributed by atoms with van der Waals surface area (Å²) in [6.07, 6.45) is 1.73. The second-order valence-electron chi connectivity index (χ2n) is 4.24. The molecule has 0 saturated heterocycles. The molecule has 20 heavy (non-hydrogen) atoms. The van der Waals surface area contributed by atoms with E-state index in [0.717, 1.165) is 11.1 Å². The predicted molar refractivity (Wildman–Crippen MR) is 80.3 cm³/mol. The summed E-state index contributed by atoms with van der Waals surface area (Å²) >= 11 is 0. The summed E-state index contributed by atoms with van der Waals surface area (Å²) in [4.78, 5) is 0. The highest BCUT2D eigenvalue weighted by Crippen LogP contribution is 2.22. The van der Waals surface area contributed by atoms with Gasteiger partial charge in [-0.15, -0.1) is 0 Å². The Labute approximate surface area is 117 Å². The number of rotatable bonds is 4. The van der Waals surface area contributed by atoms with Crippen LogP contribution >= 0.6 is 0 Å². The van der Waals surface area contributed by atoms with E-state index in [9.17, 15) is 4.39 Å². The summed E-state index contributed by atoms with van der Waals surface area (Å²) in [7, 11) is 0. The first-order valence-electron chi connectivity index (χ1n) is 6.02. The van der Waals surface area contributed by atoms with E-state index in [-0.39, 0.29) is 5.56 Å². The lowest BCUT2D eigenvalue weighted by Crippen LogP contribution is -2.00. The van der Waals surface area contributed by atoms with Crippen LogP contribution in [0.4, 0.5) is 10.1 Å². The zero-order valence-electron chi connectivity index (χ0n) is 10.9. The van der Waals surface area contributed by atoms with E-state index in [2.05, 4.69) is 18.5 Å². The highest BCUT2D eigenvalue weighted by Gasteiger charge is 2.05. The minimum absolute atomic E-state index is 0.261. The van der Waals surface area contributed by atoms with Crippen LogP contribution in [-0.4, -0.2) is 0 Å². The van der Waals surface area contributed by atoms with E-state index >= 15 is 0 Å². The molecule has 0 heterocycles. The van der Waals surface area contributed by atoms with Crippen LogP contribution in [0.25, 0.3) is 11.8 Å². The topological polar surface area (TPSA) is 35.8 Å². The first-order chi connectivity index (χ1) is 9.63. The first-order valence-corrected chi connectivity index (χ1v) is 6.02. The fourth-order valence-electron chi connectivity index (χ4n) is 1.92. The van der Waals surface area contributed by atoms with Crippen molar-refractivity contribution in [2.45, 2.75) is 0 Å². The molecule has 0 aliphatic heterocycles. The van der Waals surface area contributed by atoms with Crippen molar-refractivity contribution in [3.63, 3.8) is 0 Å². The summed E-state index contributed by atoms with van der Waals surface area (Å²) in [5.41, 5.74) is 3.19. The molecular weight excluding hydrogens is 251 g/mol. The molecule has 0 amide bonds. The van der Waals surface area contributed by atoms with E-state index in [0.29, 0.717) is 11.4 Å². The van der Waals surface area contributed by atoms with Gasteiger partial charge in [0.15, 0.2) is 0 Å². The van der Waals surface area contributed by atoms with Crippen molar-refractivity contribution in [3.05, 3.63) is 78.1 Å². The molecule has 98 valence electrons. The van der Waals surface area contributed by atoms with Crippen LogP contribution < -0.4 is 5.32 Å². The van der Waals surface area contributed by atoms with Crippen molar-refractivity contribution < 1.29 is 4.39 Å². The Bertz CT molecular complexity index is 711. The summed E-state index contributed by atoms with van der Waals surface area (Å²) in [6.45, 7) is 7.70. The van der Waals surface area contributed by atoms with E-state index < -0.39 is 5.82 Å². The lowest BCUT2D eigenvalue weighted by atomic mass is 10.0. The van der Waals surface area contributed by atoms with Gasteiger partial charge in [-0.2, -0.15) is 5.26 Å². The number of nitriles is 1. The van der Waals surface area contributed by atoms with E-state index in [1.54, 1.807) is 12.1 Å². The van der Waals surface area contributed by atoms with Gasteiger partial charge in [0.25, 0.3) is 0 Å². The molecule has 0 bridgehead atoms. The number of nitrogens with one attached hydrogen (secondary N) is 1. The molecule has 0 atom stereocenters. The smallest absolute Gasteiger partial charge is 0.126 e. The Morgan fingerprint density at radius 1 is 1.25 bits per heavy atom. The lowest BCUT2D eigenvalue weighted by molar-refractivity contribution is 0.628. The van der Waals surface area contributed by atoms with Gasteiger partial charge in [-0.05, 0) is 23.8 Å². The third-order valence-corrected chi connectivity index (χ3v) is 2.83. The average molecular weight is 264 g/mol. The van der Waals surface area contributed by atoms with Crippen molar-refractivity contribution in [1.82, 2.24) is 0 Å². The predicted octanol–water partition coefficient (Wildman–Crippen LogP) is 4.42. The maximum absolute atomic E-state index is 13.4. The molecule has 2 rings (SSSR count). The molecule has 0 spiro atoms. The second kappa shape index (κ2) is 5.85. The molecular formula is C17H13FN2. The Morgan fingerprint density at radius 2 is 2.00 bits per heavy atom. The van der Waals surface area contributed by atoms with Gasteiger partial charge in [-0.1, -0.05) is 43.5 Å². The van der Waals surface area contributed by atoms with Crippen LogP contribution in [0.15, 0.2) is 55.6 Å². The quantitative estimate of drug-likeness (QED) is 0.887. The summed E-state index contributed by atoms with van der Waals surface area (Å²) in [6, 6.07) is 13.6. The number of hydrogen-bond acceptors (Lipinski definition) is 2. The molecule has 0 radical (unpaired) electrons. The van der Waals surface area contributed by atoms with Gasteiger partial charge in [0, 0.05) is 16.9 Å². The first kappa shape index (κ1) is 13.6. The Hall–Kier alpha value is -2.86. The normalized spacial score (nSPS) is 9.60.